The lowest BCUT2D eigenvalue weighted by Crippen LogP contribution is -2.37. The van der Waals surface area contributed by atoms with E-state index in [2.05, 4.69) is 29.3 Å². The van der Waals surface area contributed by atoms with Crippen LogP contribution in [-0.2, 0) is 12.8 Å². The Kier molecular flexibility index (Phi) is 7.16. The second-order valence-electron chi connectivity index (χ2n) is 9.62. The summed E-state index contributed by atoms with van der Waals surface area (Å²) in [6.07, 6.45) is 8.37. The molecule has 5 rings (SSSR count). The van der Waals surface area contributed by atoms with Gasteiger partial charge in [0.15, 0.2) is 17.3 Å². The summed E-state index contributed by atoms with van der Waals surface area (Å²) in [7, 11) is 3.35. The Hall–Kier alpha value is -2.77. The topological polar surface area (TPSA) is 63.9 Å². The Morgan fingerprint density at radius 1 is 1.11 bits per heavy atom. The van der Waals surface area contributed by atoms with Gasteiger partial charge in [-0.05, 0) is 92.9 Å². The van der Waals surface area contributed by atoms with Gasteiger partial charge in [-0.1, -0.05) is 13.0 Å². The SMILES string of the molecule is COc1ccc([C@H](c2c(NC(=O)c3ccco3)sc3c2CCCC3)N2CCC(C)CC2)cc1OC. The molecule has 1 atom stereocenters. The summed E-state index contributed by atoms with van der Waals surface area (Å²) in [5, 5.41) is 4.16. The number of piperidine rings is 1. The van der Waals surface area contributed by atoms with Gasteiger partial charge in [0.1, 0.15) is 5.00 Å². The van der Waals surface area contributed by atoms with Gasteiger partial charge >= 0.3 is 0 Å². The third kappa shape index (κ3) is 4.84. The molecular formula is C28H34N2O4S. The number of thiophene rings is 1. The monoisotopic (exact) mass is 494 g/mol. The summed E-state index contributed by atoms with van der Waals surface area (Å²) in [4.78, 5) is 17.0. The number of amides is 1. The maximum Gasteiger partial charge on any atom is 0.291 e. The normalized spacial score (nSPS) is 17.6. The number of furan rings is 1. The molecule has 0 radical (unpaired) electrons. The Morgan fingerprint density at radius 3 is 2.60 bits per heavy atom. The standard InChI is InChI=1S/C28H34N2O4S/c1-18-12-14-30(15-13-18)26(19-10-11-21(32-2)23(17-19)33-3)25-20-7-4-5-9-24(20)35-28(25)29-27(31)22-8-6-16-34-22/h6,8,10-11,16-18,26H,4-5,7,9,12-15H2,1-3H3,(H,29,31)/t26-/m1/s1. The van der Waals surface area contributed by atoms with Crippen LogP contribution in [0.3, 0.4) is 0 Å². The van der Waals surface area contributed by atoms with Crippen molar-refractivity contribution >= 4 is 22.2 Å². The highest BCUT2D eigenvalue weighted by molar-refractivity contribution is 7.16. The van der Waals surface area contributed by atoms with E-state index in [1.54, 1.807) is 37.7 Å². The van der Waals surface area contributed by atoms with Crippen LogP contribution in [0.2, 0.25) is 0 Å². The molecule has 186 valence electrons. The van der Waals surface area contributed by atoms with Gasteiger partial charge in [0, 0.05) is 10.4 Å². The fraction of sp³-hybridized carbons (Fsp3) is 0.464. The minimum absolute atomic E-state index is 0.0345. The number of benzene rings is 1. The summed E-state index contributed by atoms with van der Waals surface area (Å²) < 4.78 is 16.6. The van der Waals surface area contributed by atoms with Crippen molar-refractivity contribution in [2.75, 3.05) is 32.6 Å². The zero-order valence-corrected chi connectivity index (χ0v) is 21.6. The van der Waals surface area contributed by atoms with Crippen LogP contribution in [-0.4, -0.2) is 38.1 Å². The summed E-state index contributed by atoms with van der Waals surface area (Å²) >= 11 is 1.74. The number of carbonyl (C=O) groups is 1. The van der Waals surface area contributed by atoms with Crippen molar-refractivity contribution in [1.29, 1.82) is 0 Å². The van der Waals surface area contributed by atoms with E-state index in [1.165, 1.54) is 48.0 Å². The largest absolute Gasteiger partial charge is 0.493 e. The second-order valence-corrected chi connectivity index (χ2v) is 10.7. The van der Waals surface area contributed by atoms with Gasteiger partial charge in [-0.25, -0.2) is 0 Å². The van der Waals surface area contributed by atoms with E-state index in [0.29, 0.717) is 5.76 Å². The quantitative estimate of drug-likeness (QED) is 0.417. The molecular weight excluding hydrogens is 460 g/mol. The number of rotatable bonds is 7. The molecule has 2 aliphatic rings. The Morgan fingerprint density at radius 2 is 1.89 bits per heavy atom. The van der Waals surface area contributed by atoms with E-state index < -0.39 is 0 Å². The molecule has 3 heterocycles. The van der Waals surface area contributed by atoms with Crippen LogP contribution >= 0.6 is 11.3 Å². The van der Waals surface area contributed by atoms with Crippen LogP contribution in [0.25, 0.3) is 0 Å². The van der Waals surface area contributed by atoms with Gasteiger partial charge in [0.25, 0.3) is 5.91 Å². The maximum absolute atomic E-state index is 13.1. The van der Waals surface area contributed by atoms with E-state index in [0.717, 1.165) is 53.9 Å². The van der Waals surface area contributed by atoms with Crippen molar-refractivity contribution in [3.05, 3.63) is 63.9 Å². The Balaban J connectivity index is 1.62. The van der Waals surface area contributed by atoms with Crippen molar-refractivity contribution in [3.63, 3.8) is 0 Å². The van der Waals surface area contributed by atoms with E-state index in [1.807, 2.05) is 6.07 Å². The first-order chi connectivity index (χ1) is 17.1. The Labute approximate surface area is 211 Å². The van der Waals surface area contributed by atoms with Crippen molar-refractivity contribution in [2.45, 2.75) is 51.5 Å². The van der Waals surface area contributed by atoms with Crippen molar-refractivity contribution in [3.8, 4) is 11.5 Å². The molecule has 1 fully saturated rings. The lowest BCUT2D eigenvalue weighted by atomic mass is 9.87. The fourth-order valence-corrected chi connectivity index (χ4v) is 6.73. The third-order valence-electron chi connectivity index (χ3n) is 7.36. The number of anilines is 1. The summed E-state index contributed by atoms with van der Waals surface area (Å²) in [5.74, 6) is 2.31. The van der Waals surface area contributed by atoms with E-state index in [9.17, 15) is 4.79 Å². The number of methoxy groups -OCH3 is 2. The first-order valence-electron chi connectivity index (χ1n) is 12.5. The summed E-state index contributed by atoms with van der Waals surface area (Å²) in [5.41, 5.74) is 3.82. The van der Waals surface area contributed by atoms with Crippen molar-refractivity contribution in [1.82, 2.24) is 4.90 Å². The third-order valence-corrected chi connectivity index (χ3v) is 8.59. The molecule has 3 aromatic rings. The van der Waals surface area contributed by atoms with E-state index in [4.69, 9.17) is 13.9 Å². The molecule has 1 amide bonds. The highest BCUT2D eigenvalue weighted by atomic mass is 32.1. The van der Waals surface area contributed by atoms with Gasteiger partial charge in [-0.3, -0.25) is 9.69 Å². The molecule has 1 aliphatic heterocycles. The average molecular weight is 495 g/mol. The molecule has 2 aromatic heterocycles. The highest BCUT2D eigenvalue weighted by Gasteiger charge is 2.34. The minimum Gasteiger partial charge on any atom is -0.493 e. The minimum atomic E-state index is -0.201. The Bertz CT molecular complexity index is 1160. The van der Waals surface area contributed by atoms with Crippen LogP contribution in [0.1, 0.15) is 70.8 Å². The first-order valence-corrected chi connectivity index (χ1v) is 13.4. The first kappa shape index (κ1) is 23.9. The van der Waals surface area contributed by atoms with Gasteiger partial charge < -0.3 is 19.2 Å². The van der Waals surface area contributed by atoms with Crippen molar-refractivity contribution < 1.29 is 18.7 Å². The number of hydrogen-bond donors (Lipinski definition) is 1. The van der Waals surface area contributed by atoms with E-state index in [-0.39, 0.29) is 11.9 Å². The molecule has 1 N–H and O–H groups in total. The number of hydrogen-bond acceptors (Lipinski definition) is 6. The lowest BCUT2D eigenvalue weighted by Gasteiger charge is -2.38. The molecule has 0 unspecified atom stereocenters. The van der Waals surface area contributed by atoms with Gasteiger partial charge in [-0.15, -0.1) is 11.3 Å². The molecule has 1 aliphatic carbocycles. The van der Waals surface area contributed by atoms with Crippen molar-refractivity contribution in [2.24, 2.45) is 5.92 Å². The number of carbonyl (C=O) groups excluding carboxylic acids is 1. The number of aryl methyl sites for hydroxylation is 1. The lowest BCUT2D eigenvalue weighted by molar-refractivity contribution is 0.0996. The second kappa shape index (κ2) is 10.5. The van der Waals surface area contributed by atoms with Gasteiger partial charge in [0.05, 0.1) is 26.5 Å². The summed E-state index contributed by atoms with van der Waals surface area (Å²) in [6.45, 7) is 4.39. The molecule has 1 aromatic carbocycles. The van der Waals surface area contributed by atoms with Gasteiger partial charge in [-0.2, -0.15) is 0 Å². The predicted octanol–water partition coefficient (Wildman–Crippen LogP) is 6.31. The predicted molar refractivity (Wildman–Crippen MR) is 139 cm³/mol. The van der Waals surface area contributed by atoms with Crippen LogP contribution < -0.4 is 14.8 Å². The molecule has 35 heavy (non-hydrogen) atoms. The highest BCUT2D eigenvalue weighted by Crippen LogP contribution is 2.47. The molecule has 0 spiro atoms. The van der Waals surface area contributed by atoms with Crippen LogP contribution in [0.15, 0.2) is 41.0 Å². The zero-order chi connectivity index (χ0) is 24.4. The maximum atomic E-state index is 13.1. The van der Waals surface area contributed by atoms with Crippen LogP contribution in [0, 0.1) is 5.92 Å². The number of nitrogens with zero attached hydrogens (tertiary/aromatic N) is 1. The summed E-state index contributed by atoms with van der Waals surface area (Å²) in [6, 6.07) is 9.74. The van der Waals surface area contributed by atoms with Gasteiger partial charge in [0.2, 0.25) is 0 Å². The zero-order valence-electron chi connectivity index (χ0n) is 20.8. The van der Waals surface area contributed by atoms with E-state index >= 15 is 0 Å². The average Bonchev–Trinajstić information content (AvgIpc) is 3.54. The van der Waals surface area contributed by atoms with Crippen LogP contribution in [0.4, 0.5) is 5.00 Å². The number of fused-ring (bicyclic) bond motifs is 1. The number of likely N-dealkylation sites (tertiary alicyclic amines) is 1. The molecule has 7 heteroatoms. The fourth-order valence-electron chi connectivity index (χ4n) is 5.41. The molecule has 0 saturated carbocycles. The number of ether oxygens (including phenoxy) is 2. The number of nitrogens with one attached hydrogen (secondary N) is 1. The smallest absolute Gasteiger partial charge is 0.291 e. The molecule has 6 nitrogen and oxygen atoms in total. The molecule has 0 bridgehead atoms. The molecule has 1 saturated heterocycles. The van der Waals surface area contributed by atoms with Crippen LogP contribution in [0.5, 0.6) is 11.5 Å².